The topological polar surface area (TPSA) is 20.3 Å². The summed E-state index contributed by atoms with van der Waals surface area (Å²) < 4.78 is 0. The molecule has 0 fully saturated rings. The van der Waals surface area contributed by atoms with Gasteiger partial charge in [-0.2, -0.15) is 0 Å². The first kappa shape index (κ1) is 16.3. The van der Waals surface area contributed by atoms with Crippen LogP contribution in [0.2, 0.25) is 10.0 Å². The fourth-order valence-corrected chi connectivity index (χ4v) is 2.17. The third kappa shape index (κ3) is 4.39. The number of carbonyl (C=O) groups excluding carboxylic acids is 1. The number of hydrogen-bond donors (Lipinski definition) is 0. The van der Waals surface area contributed by atoms with Gasteiger partial charge in [0.25, 0.3) is 5.91 Å². The maximum absolute atomic E-state index is 12.6. The average Bonchev–Trinajstić information content (AvgIpc) is 2.37. The number of halogens is 2. The van der Waals surface area contributed by atoms with Crippen molar-refractivity contribution < 1.29 is 4.79 Å². The Hall–Kier alpha value is -0.730. The summed E-state index contributed by atoms with van der Waals surface area (Å²) in [6, 6.07) is 5.25. The summed E-state index contributed by atoms with van der Waals surface area (Å²) in [6.45, 7) is 9.11. The quantitative estimate of drug-likeness (QED) is 0.758. The minimum Gasteiger partial charge on any atom is -0.336 e. The van der Waals surface area contributed by atoms with Gasteiger partial charge in [0.2, 0.25) is 0 Å². The van der Waals surface area contributed by atoms with Gasteiger partial charge in [-0.15, -0.1) is 0 Å². The lowest BCUT2D eigenvalue weighted by Crippen LogP contribution is -2.40. The van der Waals surface area contributed by atoms with Gasteiger partial charge < -0.3 is 4.90 Å². The normalized spacial score (nSPS) is 12.6. The molecule has 2 nitrogen and oxygen atoms in total. The van der Waals surface area contributed by atoms with E-state index in [0.29, 0.717) is 21.5 Å². The van der Waals surface area contributed by atoms with Crippen molar-refractivity contribution in [3.05, 3.63) is 33.8 Å². The van der Waals surface area contributed by atoms with Crippen molar-refractivity contribution in [2.24, 2.45) is 5.92 Å². The highest BCUT2D eigenvalue weighted by Gasteiger charge is 2.21. The van der Waals surface area contributed by atoms with Crippen LogP contribution in [0.15, 0.2) is 18.2 Å². The molecule has 0 radical (unpaired) electrons. The third-order valence-electron chi connectivity index (χ3n) is 3.11. The van der Waals surface area contributed by atoms with Gasteiger partial charge in [-0.25, -0.2) is 0 Å². The van der Waals surface area contributed by atoms with Crippen LogP contribution in [-0.2, 0) is 0 Å². The predicted molar refractivity (Wildman–Crippen MR) is 82.1 cm³/mol. The van der Waals surface area contributed by atoms with Crippen LogP contribution >= 0.6 is 23.2 Å². The molecule has 1 aromatic carbocycles. The zero-order valence-electron chi connectivity index (χ0n) is 11.9. The molecule has 1 amide bonds. The van der Waals surface area contributed by atoms with Crippen LogP contribution in [0.25, 0.3) is 0 Å². The van der Waals surface area contributed by atoms with E-state index in [1.165, 1.54) is 0 Å². The van der Waals surface area contributed by atoms with Crippen molar-refractivity contribution in [3.63, 3.8) is 0 Å². The van der Waals surface area contributed by atoms with E-state index in [1.807, 2.05) is 4.90 Å². The Balaban J connectivity index is 3.01. The smallest absolute Gasteiger partial charge is 0.254 e. The second-order valence-electron chi connectivity index (χ2n) is 5.24. The summed E-state index contributed by atoms with van der Waals surface area (Å²) in [5.74, 6) is 0.447. The largest absolute Gasteiger partial charge is 0.336 e. The van der Waals surface area contributed by atoms with Gasteiger partial charge in [0.15, 0.2) is 0 Å². The number of nitrogens with zero attached hydrogens (tertiary/aromatic N) is 1. The van der Waals surface area contributed by atoms with E-state index in [-0.39, 0.29) is 11.9 Å². The van der Waals surface area contributed by atoms with Gasteiger partial charge in [0.05, 0.1) is 10.0 Å². The molecule has 0 aliphatic rings. The van der Waals surface area contributed by atoms with Gasteiger partial charge in [-0.3, -0.25) is 4.79 Å². The predicted octanol–water partition coefficient (Wildman–Crippen LogP) is 4.89. The van der Waals surface area contributed by atoms with Crippen molar-refractivity contribution in [3.8, 4) is 0 Å². The number of benzene rings is 1. The first-order chi connectivity index (χ1) is 8.86. The Morgan fingerprint density at radius 3 is 2.32 bits per heavy atom. The number of rotatable bonds is 5. The highest BCUT2D eigenvalue weighted by Crippen LogP contribution is 2.24. The summed E-state index contributed by atoms with van der Waals surface area (Å²) in [5, 5.41) is 0.887. The van der Waals surface area contributed by atoms with Crippen LogP contribution < -0.4 is 0 Å². The first-order valence-electron chi connectivity index (χ1n) is 6.62. The average molecular weight is 302 g/mol. The van der Waals surface area contributed by atoms with E-state index in [9.17, 15) is 4.79 Å². The molecule has 0 saturated carbocycles. The zero-order chi connectivity index (χ0) is 14.6. The number of carbonyl (C=O) groups is 1. The molecule has 1 atom stereocenters. The van der Waals surface area contributed by atoms with Crippen LogP contribution in [0, 0.1) is 5.92 Å². The number of amides is 1. The van der Waals surface area contributed by atoms with E-state index in [1.54, 1.807) is 18.2 Å². The van der Waals surface area contributed by atoms with Crippen molar-refractivity contribution >= 4 is 29.1 Å². The van der Waals surface area contributed by atoms with E-state index in [0.717, 1.165) is 13.0 Å². The van der Waals surface area contributed by atoms with Gasteiger partial charge >= 0.3 is 0 Å². The summed E-state index contributed by atoms with van der Waals surface area (Å²) in [6.07, 6.45) is 0.930. The fourth-order valence-electron chi connectivity index (χ4n) is 1.87. The van der Waals surface area contributed by atoms with Crippen LogP contribution in [-0.4, -0.2) is 23.4 Å². The van der Waals surface area contributed by atoms with Crippen LogP contribution in [0.5, 0.6) is 0 Å². The Morgan fingerprint density at radius 1 is 1.21 bits per heavy atom. The molecule has 0 aliphatic carbocycles. The van der Waals surface area contributed by atoms with Gasteiger partial charge in [0, 0.05) is 18.2 Å². The second kappa shape index (κ2) is 7.16. The van der Waals surface area contributed by atoms with E-state index >= 15 is 0 Å². The van der Waals surface area contributed by atoms with Crippen molar-refractivity contribution in [1.82, 2.24) is 4.90 Å². The number of hydrogen-bond acceptors (Lipinski definition) is 1. The summed E-state index contributed by atoms with van der Waals surface area (Å²) in [7, 11) is 0. The second-order valence-corrected chi connectivity index (χ2v) is 6.05. The molecular weight excluding hydrogens is 281 g/mol. The van der Waals surface area contributed by atoms with Crippen molar-refractivity contribution in [1.29, 1.82) is 0 Å². The molecule has 106 valence electrons. The van der Waals surface area contributed by atoms with Crippen LogP contribution in [0.4, 0.5) is 0 Å². The van der Waals surface area contributed by atoms with Gasteiger partial charge in [-0.05, 0) is 37.5 Å². The summed E-state index contributed by atoms with van der Waals surface area (Å²) >= 11 is 11.9. The van der Waals surface area contributed by atoms with Crippen molar-refractivity contribution in [2.45, 2.75) is 40.2 Å². The first-order valence-corrected chi connectivity index (χ1v) is 7.38. The third-order valence-corrected chi connectivity index (χ3v) is 3.85. The lowest BCUT2D eigenvalue weighted by Gasteiger charge is -2.30. The molecule has 0 N–H and O–H groups in total. The molecule has 0 bridgehead atoms. The molecule has 0 spiro atoms. The van der Waals surface area contributed by atoms with E-state index in [2.05, 4.69) is 27.7 Å². The molecule has 1 aromatic rings. The molecule has 1 unspecified atom stereocenters. The maximum Gasteiger partial charge on any atom is 0.254 e. The standard InChI is InChI=1S/C15H21Cl2NO/c1-5-11(4)18(9-10(2)3)15(19)12-6-7-13(16)14(17)8-12/h6-8,10-11H,5,9H2,1-4H3. The lowest BCUT2D eigenvalue weighted by molar-refractivity contribution is 0.0663. The molecule has 1 rings (SSSR count). The Kier molecular flexibility index (Phi) is 6.15. The Bertz CT molecular complexity index is 446. The van der Waals surface area contributed by atoms with Gasteiger partial charge in [0.1, 0.15) is 0 Å². The monoisotopic (exact) mass is 301 g/mol. The lowest BCUT2D eigenvalue weighted by atomic mass is 10.1. The minimum atomic E-state index is 0.0154. The molecule has 0 aliphatic heterocycles. The Morgan fingerprint density at radius 2 is 1.84 bits per heavy atom. The molecule has 0 heterocycles. The van der Waals surface area contributed by atoms with Crippen LogP contribution in [0.1, 0.15) is 44.5 Å². The van der Waals surface area contributed by atoms with Gasteiger partial charge in [-0.1, -0.05) is 44.0 Å². The van der Waals surface area contributed by atoms with Crippen LogP contribution in [0.3, 0.4) is 0 Å². The minimum absolute atomic E-state index is 0.0154. The van der Waals surface area contributed by atoms with E-state index in [4.69, 9.17) is 23.2 Å². The maximum atomic E-state index is 12.6. The molecule has 4 heteroatoms. The highest BCUT2D eigenvalue weighted by molar-refractivity contribution is 6.42. The molecular formula is C15H21Cl2NO. The SMILES string of the molecule is CCC(C)N(CC(C)C)C(=O)c1ccc(Cl)c(Cl)c1. The molecule has 0 aromatic heterocycles. The van der Waals surface area contributed by atoms with Crippen molar-refractivity contribution in [2.75, 3.05) is 6.54 Å². The zero-order valence-corrected chi connectivity index (χ0v) is 13.4. The fraction of sp³-hybridized carbons (Fsp3) is 0.533. The molecule has 19 heavy (non-hydrogen) atoms. The van der Waals surface area contributed by atoms with E-state index < -0.39 is 0 Å². The highest BCUT2D eigenvalue weighted by atomic mass is 35.5. The Labute approximate surface area is 125 Å². The molecule has 0 saturated heterocycles. The summed E-state index contributed by atoms with van der Waals surface area (Å²) in [5.41, 5.74) is 0.593. The summed E-state index contributed by atoms with van der Waals surface area (Å²) in [4.78, 5) is 14.5.